The Balaban J connectivity index is 1.77. The number of pyridine rings is 1. The number of urea groups is 1. The Labute approximate surface area is 126 Å². The maximum Gasteiger partial charge on any atom is 0.315 e. The molecule has 1 saturated heterocycles. The first-order valence-electron chi connectivity index (χ1n) is 7.43. The lowest BCUT2D eigenvalue weighted by molar-refractivity contribution is -0.0690. The lowest BCUT2D eigenvalue weighted by Crippen LogP contribution is -2.50. The third-order valence-corrected chi connectivity index (χ3v) is 3.77. The van der Waals surface area contributed by atoms with Crippen LogP contribution in [-0.4, -0.2) is 34.8 Å². The fraction of sp³-hybridized carbons (Fsp3) is 0.625. The van der Waals surface area contributed by atoms with Gasteiger partial charge in [-0.05, 0) is 46.2 Å². The highest BCUT2D eigenvalue weighted by Gasteiger charge is 2.46. The summed E-state index contributed by atoms with van der Waals surface area (Å²) in [5.41, 5.74) is 0.431. The summed E-state index contributed by atoms with van der Waals surface area (Å²) in [6.07, 6.45) is 3.30. The van der Waals surface area contributed by atoms with Gasteiger partial charge in [0.2, 0.25) is 0 Å². The summed E-state index contributed by atoms with van der Waals surface area (Å²) in [6, 6.07) is 5.65. The zero-order valence-electron chi connectivity index (χ0n) is 13.3. The Kier molecular flexibility index (Phi) is 4.52. The van der Waals surface area contributed by atoms with Crippen molar-refractivity contribution in [2.24, 2.45) is 0 Å². The van der Waals surface area contributed by atoms with Gasteiger partial charge in [0.15, 0.2) is 0 Å². The zero-order chi connectivity index (χ0) is 15.5. The normalized spacial score (nSPS) is 22.8. The van der Waals surface area contributed by atoms with Gasteiger partial charge in [0, 0.05) is 24.9 Å². The van der Waals surface area contributed by atoms with Gasteiger partial charge in [0.05, 0.1) is 17.2 Å². The number of ether oxygens (including phenoxy) is 1. The molecule has 1 fully saturated rings. The van der Waals surface area contributed by atoms with E-state index in [0.29, 0.717) is 6.54 Å². The van der Waals surface area contributed by atoms with Crippen molar-refractivity contribution in [3.63, 3.8) is 0 Å². The van der Waals surface area contributed by atoms with Crippen LogP contribution in [0.15, 0.2) is 24.4 Å². The molecule has 0 aromatic carbocycles. The largest absolute Gasteiger partial charge is 0.367 e. The molecule has 1 aromatic rings. The molecule has 0 aliphatic carbocycles. The highest BCUT2D eigenvalue weighted by atomic mass is 16.5. The molecule has 2 heterocycles. The Morgan fingerprint density at radius 1 is 1.38 bits per heavy atom. The van der Waals surface area contributed by atoms with Gasteiger partial charge in [0.25, 0.3) is 0 Å². The fourth-order valence-electron chi connectivity index (χ4n) is 2.85. The maximum absolute atomic E-state index is 12.0. The van der Waals surface area contributed by atoms with E-state index in [4.69, 9.17) is 4.74 Å². The third-order valence-electron chi connectivity index (χ3n) is 3.77. The Bertz CT molecular complexity index is 486. The third kappa shape index (κ3) is 4.43. The molecule has 1 aliphatic rings. The van der Waals surface area contributed by atoms with Crippen molar-refractivity contribution in [3.05, 3.63) is 30.1 Å². The van der Waals surface area contributed by atoms with Crippen LogP contribution in [0.2, 0.25) is 0 Å². The average molecular weight is 291 g/mol. The zero-order valence-corrected chi connectivity index (χ0v) is 13.3. The number of amides is 2. The first-order valence-corrected chi connectivity index (χ1v) is 7.43. The molecule has 1 aromatic heterocycles. The van der Waals surface area contributed by atoms with Crippen molar-refractivity contribution in [1.29, 1.82) is 0 Å². The molecule has 0 spiro atoms. The van der Waals surface area contributed by atoms with Crippen LogP contribution < -0.4 is 10.6 Å². The molecule has 0 radical (unpaired) electrons. The molecule has 0 saturated carbocycles. The second-order valence-electron chi connectivity index (χ2n) is 6.69. The second kappa shape index (κ2) is 6.02. The lowest BCUT2D eigenvalue weighted by atomic mass is 9.95. The minimum Gasteiger partial charge on any atom is -0.367 e. The van der Waals surface area contributed by atoms with Crippen molar-refractivity contribution in [2.75, 3.05) is 6.54 Å². The first kappa shape index (κ1) is 15.8. The van der Waals surface area contributed by atoms with Crippen LogP contribution in [-0.2, 0) is 11.2 Å². The van der Waals surface area contributed by atoms with Crippen molar-refractivity contribution >= 4 is 6.03 Å². The maximum atomic E-state index is 12.0. The molecular weight excluding hydrogens is 266 g/mol. The molecule has 1 aliphatic heterocycles. The van der Waals surface area contributed by atoms with Gasteiger partial charge >= 0.3 is 6.03 Å². The molecule has 2 rings (SSSR count). The molecule has 5 heteroatoms. The van der Waals surface area contributed by atoms with Crippen LogP contribution in [0.5, 0.6) is 0 Å². The van der Waals surface area contributed by atoms with E-state index in [2.05, 4.69) is 29.5 Å². The number of nitrogens with one attached hydrogen (secondary N) is 2. The summed E-state index contributed by atoms with van der Waals surface area (Å²) >= 11 is 0. The van der Waals surface area contributed by atoms with Crippen LogP contribution in [0.1, 0.15) is 39.8 Å². The number of hydrogen-bond acceptors (Lipinski definition) is 3. The Morgan fingerprint density at radius 3 is 2.71 bits per heavy atom. The quantitative estimate of drug-likeness (QED) is 0.894. The van der Waals surface area contributed by atoms with Crippen LogP contribution in [0.3, 0.4) is 0 Å². The predicted molar refractivity (Wildman–Crippen MR) is 82.1 cm³/mol. The van der Waals surface area contributed by atoms with E-state index in [1.54, 1.807) is 6.20 Å². The molecule has 2 amide bonds. The number of carbonyl (C=O) groups excluding carboxylic acids is 1. The van der Waals surface area contributed by atoms with E-state index >= 15 is 0 Å². The van der Waals surface area contributed by atoms with Gasteiger partial charge in [-0.1, -0.05) is 6.07 Å². The standard InChI is InChI=1S/C16H25N3O2/c1-15(2)11-13(16(3,4)21-15)19-14(20)18-10-8-12-7-5-6-9-17-12/h5-7,9,13H,8,10-11H2,1-4H3,(H2,18,19,20)/t13-/m0/s1. The summed E-state index contributed by atoms with van der Waals surface area (Å²) in [4.78, 5) is 16.2. The monoisotopic (exact) mass is 291 g/mol. The smallest absolute Gasteiger partial charge is 0.315 e. The van der Waals surface area contributed by atoms with Gasteiger partial charge in [-0.2, -0.15) is 0 Å². The van der Waals surface area contributed by atoms with Crippen LogP contribution in [0.25, 0.3) is 0 Å². The van der Waals surface area contributed by atoms with Crippen molar-refractivity contribution in [2.45, 2.75) is 57.8 Å². The first-order chi connectivity index (χ1) is 9.78. The lowest BCUT2D eigenvalue weighted by Gasteiger charge is -2.27. The van der Waals surface area contributed by atoms with Crippen molar-refractivity contribution < 1.29 is 9.53 Å². The molecule has 1 atom stereocenters. The molecule has 21 heavy (non-hydrogen) atoms. The van der Waals surface area contributed by atoms with Gasteiger partial charge in [-0.25, -0.2) is 4.79 Å². The van der Waals surface area contributed by atoms with Crippen LogP contribution in [0.4, 0.5) is 4.79 Å². The summed E-state index contributed by atoms with van der Waals surface area (Å²) in [7, 11) is 0. The highest BCUT2D eigenvalue weighted by Crippen LogP contribution is 2.37. The SMILES string of the molecule is CC1(C)C[C@H](NC(=O)NCCc2ccccn2)C(C)(C)O1. The molecule has 2 N–H and O–H groups in total. The van der Waals surface area contributed by atoms with Gasteiger partial charge in [-0.3, -0.25) is 4.98 Å². The van der Waals surface area contributed by atoms with E-state index in [9.17, 15) is 4.79 Å². The summed E-state index contributed by atoms with van der Waals surface area (Å²) < 4.78 is 5.97. The van der Waals surface area contributed by atoms with E-state index < -0.39 is 0 Å². The molecule has 0 unspecified atom stereocenters. The highest BCUT2D eigenvalue weighted by molar-refractivity contribution is 5.74. The van der Waals surface area contributed by atoms with E-state index in [0.717, 1.165) is 18.5 Å². The Hall–Kier alpha value is -1.62. The summed E-state index contributed by atoms with van der Waals surface area (Å²) in [6.45, 7) is 8.70. The molecule has 0 bridgehead atoms. The number of aromatic nitrogens is 1. The molecular formula is C16H25N3O2. The van der Waals surface area contributed by atoms with Crippen molar-refractivity contribution in [3.8, 4) is 0 Å². The van der Waals surface area contributed by atoms with Gasteiger partial charge in [-0.15, -0.1) is 0 Å². The molecule has 5 nitrogen and oxygen atoms in total. The van der Waals surface area contributed by atoms with E-state index in [1.165, 1.54) is 0 Å². The fourth-order valence-corrected chi connectivity index (χ4v) is 2.85. The number of hydrogen-bond donors (Lipinski definition) is 2. The van der Waals surface area contributed by atoms with Crippen LogP contribution in [0, 0.1) is 0 Å². The van der Waals surface area contributed by atoms with E-state index in [1.807, 2.05) is 32.0 Å². The molecule has 116 valence electrons. The van der Waals surface area contributed by atoms with Gasteiger partial charge < -0.3 is 15.4 Å². The van der Waals surface area contributed by atoms with Crippen molar-refractivity contribution in [1.82, 2.24) is 15.6 Å². The average Bonchev–Trinajstić information content (AvgIpc) is 2.58. The predicted octanol–water partition coefficient (Wildman–Crippen LogP) is 2.27. The van der Waals surface area contributed by atoms with Gasteiger partial charge in [0.1, 0.15) is 0 Å². The number of rotatable bonds is 4. The summed E-state index contributed by atoms with van der Waals surface area (Å²) in [5, 5.41) is 5.89. The minimum absolute atomic E-state index is 0.0161. The Morgan fingerprint density at radius 2 is 2.14 bits per heavy atom. The minimum atomic E-state index is -0.345. The van der Waals surface area contributed by atoms with Crippen LogP contribution >= 0.6 is 0 Å². The number of carbonyl (C=O) groups is 1. The van der Waals surface area contributed by atoms with E-state index in [-0.39, 0.29) is 23.3 Å². The number of nitrogens with zero attached hydrogens (tertiary/aromatic N) is 1. The second-order valence-corrected chi connectivity index (χ2v) is 6.69. The summed E-state index contributed by atoms with van der Waals surface area (Å²) in [5.74, 6) is 0. The topological polar surface area (TPSA) is 63.2 Å².